The predicted octanol–water partition coefficient (Wildman–Crippen LogP) is 2.15. The summed E-state index contributed by atoms with van der Waals surface area (Å²) in [7, 11) is 0.734. The van der Waals surface area contributed by atoms with Crippen LogP contribution in [-0.4, -0.2) is 63.9 Å². The lowest BCUT2D eigenvalue weighted by Gasteiger charge is -2.17. The van der Waals surface area contributed by atoms with Crippen LogP contribution in [0, 0.1) is 0 Å². The molecule has 0 fully saturated rings. The zero-order chi connectivity index (χ0) is 22.3. The van der Waals surface area contributed by atoms with E-state index in [2.05, 4.69) is 0 Å². The first-order valence-electron chi connectivity index (χ1n) is 9.30. The molecule has 30 heavy (non-hydrogen) atoms. The van der Waals surface area contributed by atoms with E-state index >= 15 is 0 Å². The van der Waals surface area contributed by atoms with E-state index in [4.69, 9.17) is 9.47 Å². The molecule has 0 radical (unpaired) electrons. The van der Waals surface area contributed by atoms with Gasteiger partial charge < -0.3 is 14.4 Å². The molecule has 0 N–H and O–H groups in total. The third-order valence-corrected chi connectivity index (χ3v) is 6.07. The molecule has 0 spiro atoms. The normalized spacial score (nSPS) is 11.2. The van der Waals surface area contributed by atoms with Crippen molar-refractivity contribution in [1.29, 1.82) is 0 Å². The van der Waals surface area contributed by atoms with Crippen molar-refractivity contribution in [3.05, 3.63) is 59.7 Å². The molecule has 2 aromatic carbocycles. The maximum atomic E-state index is 12.3. The Morgan fingerprint density at radius 3 is 2.27 bits per heavy atom. The Labute approximate surface area is 177 Å². The number of esters is 1. The van der Waals surface area contributed by atoms with Crippen molar-refractivity contribution >= 4 is 21.9 Å². The lowest BCUT2D eigenvalue weighted by molar-refractivity contribution is -0.133. The number of carbonyl (C=O) groups excluding carboxylic acids is 2. The van der Waals surface area contributed by atoms with Gasteiger partial charge in [0.1, 0.15) is 5.75 Å². The lowest BCUT2D eigenvalue weighted by Crippen LogP contribution is -2.30. The van der Waals surface area contributed by atoms with Crippen LogP contribution in [-0.2, 0) is 26.1 Å². The summed E-state index contributed by atoms with van der Waals surface area (Å²) < 4.78 is 35.9. The highest BCUT2D eigenvalue weighted by Crippen LogP contribution is 2.16. The first kappa shape index (κ1) is 23.4. The van der Waals surface area contributed by atoms with Gasteiger partial charge in [-0.2, -0.15) is 0 Å². The molecule has 0 unspecified atom stereocenters. The fourth-order valence-electron chi connectivity index (χ4n) is 2.53. The summed E-state index contributed by atoms with van der Waals surface area (Å²) >= 11 is 0. The van der Waals surface area contributed by atoms with Gasteiger partial charge >= 0.3 is 5.97 Å². The maximum Gasteiger partial charge on any atom is 0.338 e. The standard InChI is InChI=1S/C21H26N2O6S/c1-5-28-18-11-9-16(10-12-18)14-23(4)20(24)15-29-21(25)17-7-6-8-19(13-17)30(26,27)22(2)3/h6-13H,5,14-15H2,1-4H3. The largest absolute Gasteiger partial charge is 0.494 e. The SMILES string of the molecule is CCOc1ccc(CN(C)C(=O)COC(=O)c2cccc(S(=O)(=O)N(C)C)c2)cc1. The van der Waals surface area contributed by atoms with Gasteiger partial charge in [0.05, 0.1) is 17.1 Å². The second-order valence-corrected chi connectivity index (χ2v) is 8.87. The Hall–Kier alpha value is -2.91. The number of sulfonamides is 1. The van der Waals surface area contributed by atoms with Gasteiger partial charge in [-0.3, -0.25) is 4.79 Å². The van der Waals surface area contributed by atoms with Gasteiger partial charge in [-0.1, -0.05) is 18.2 Å². The van der Waals surface area contributed by atoms with Crippen LogP contribution < -0.4 is 4.74 Å². The Balaban J connectivity index is 1.94. The van der Waals surface area contributed by atoms with Crippen molar-refractivity contribution in [2.75, 3.05) is 34.4 Å². The summed E-state index contributed by atoms with van der Waals surface area (Å²) in [6.07, 6.45) is 0. The average molecular weight is 435 g/mol. The summed E-state index contributed by atoms with van der Waals surface area (Å²) in [5.74, 6) is -0.398. The topological polar surface area (TPSA) is 93.2 Å². The summed E-state index contributed by atoms with van der Waals surface area (Å²) in [5.41, 5.74) is 0.960. The van der Waals surface area contributed by atoms with Crippen molar-refractivity contribution in [2.24, 2.45) is 0 Å². The highest BCUT2D eigenvalue weighted by atomic mass is 32.2. The van der Waals surface area contributed by atoms with Crippen LogP contribution in [0.4, 0.5) is 0 Å². The van der Waals surface area contributed by atoms with E-state index in [0.717, 1.165) is 15.6 Å². The van der Waals surface area contributed by atoms with Gasteiger partial charge in [0.2, 0.25) is 10.0 Å². The van der Waals surface area contributed by atoms with Crippen LogP contribution >= 0.6 is 0 Å². The Kier molecular flexibility index (Phi) is 7.96. The molecular formula is C21H26N2O6S. The van der Waals surface area contributed by atoms with Crippen LogP contribution in [0.2, 0.25) is 0 Å². The van der Waals surface area contributed by atoms with E-state index in [0.29, 0.717) is 13.2 Å². The summed E-state index contributed by atoms with van der Waals surface area (Å²) in [4.78, 5) is 26.0. The number of rotatable bonds is 9. The monoisotopic (exact) mass is 434 g/mol. The molecule has 0 aliphatic heterocycles. The first-order valence-corrected chi connectivity index (χ1v) is 10.7. The quantitative estimate of drug-likeness (QED) is 0.562. The highest BCUT2D eigenvalue weighted by molar-refractivity contribution is 7.89. The van der Waals surface area contributed by atoms with Gasteiger partial charge in [0, 0.05) is 27.7 Å². The van der Waals surface area contributed by atoms with E-state index in [1.807, 2.05) is 31.2 Å². The Morgan fingerprint density at radius 1 is 1.00 bits per heavy atom. The van der Waals surface area contributed by atoms with Crippen molar-refractivity contribution in [1.82, 2.24) is 9.21 Å². The second kappa shape index (κ2) is 10.2. The molecule has 2 aromatic rings. The van der Waals surface area contributed by atoms with Crippen LogP contribution in [0.25, 0.3) is 0 Å². The first-order chi connectivity index (χ1) is 14.1. The predicted molar refractivity (Wildman–Crippen MR) is 112 cm³/mol. The number of benzene rings is 2. The molecule has 8 nitrogen and oxygen atoms in total. The fourth-order valence-corrected chi connectivity index (χ4v) is 3.48. The number of amides is 1. The Morgan fingerprint density at radius 2 is 1.67 bits per heavy atom. The molecule has 0 saturated carbocycles. The third kappa shape index (κ3) is 6.04. The molecule has 0 aromatic heterocycles. The molecular weight excluding hydrogens is 408 g/mol. The van der Waals surface area contributed by atoms with Crippen LogP contribution in [0.3, 0.4) is 0 Å². The van der Waals surface area contributed by atoms with Gasteiger partial charge in [-0.05, 0) is 42.8 Å². The molecule has 9 heteroatoms. The highest BCUT2D eigenvalue weighted by Gasteiger charge is 2.20. The van der Waals surface area contributed by atoms with E-state index in [1.165, 1.54) is 43.3 Å². The maximum absolute atomic E-state index is 12.3. The number of ether oxygens (including phenoxy) is 2. The number of hydrogen-bond acceptors (Lipinski definition) is 6. The van der Waals surface area contributed by atoms with E-state index < -0.39 is 22.6 Å². The van der Waals surface area contributed by atoms with Gasteiger partial charge in [-0.25, -0.2) is 17.5 Å². The molecule has 0 aliphatic rings. The fraction of sp³-hybridized carbons (Fsp3) is 0.333. The van der Waals surface area contributed by atoms with Crippen molar-refractivity contribution in [2.45, 2.75) is 18.4 Å². The molecule has 0 heterocycles. The van der Waals surface area contributed by atoms with Gasteiger partial charge in [0.15, 0.2) is 6.61 Å². The molecule has 0 atom stereocenters. The number of likely N-dealkylation sites (N-methyl/N-ethyl adjacent to an activating group) is 1. The van der Waals surface area contributed by atoms with Gasteiger partial charge in [0.25, 0.3) is 5.91 Å². The number of carbonyl (C=O) groups is 2. The summed E-state index contributed by atoms with van der Waals surface area (Å²) in [6.45, 7) is 2.38. The lowest BCUT2D eigenvalue weighted by atomic mass is 10.2. The number of hydrogen-bond donors (Lipinski definition) is 0. The van der Waals surface area contributed by atoms with Crippen molar-refractivity contribution in [3.63, 3.8) is 0 Å². The minimum Gasteiger partial charge on any atom is -0.494 e. The van der Waals surface area contributed by atoms with E-state index in [1.54, 1.807) is 7.05 Å². The second-order valence-electron chi connectivity index (χ2n) is 6.72. The van der Waals surface area contributed by atoms with Crippen LogP contribution in [0.15, 0.2) is 53.4 Å². The molecule has 0 bridgehead atoms. The molecule has 162 valence electrons. The summed E-state index contributed by atoms with van der Waals surface area (Å²) in [6, 6.07) is 12.9. The molecule has 0 aliphatic carbocycles. The zero-order valence-corrected chi connectivity index (χ0v) is 18.3. The van der Waals surface area contributed by atoms with Gasteiger partial charge in [-0.15, -0.1) is 0 Å². The zero-order valence-electron chi connectivity index (χ0n) is 17.5. The minimum atomic E-state index is -3.68. The smallest absolute Gasteiger partial charge is 0.338 e. The average Bonchev–Trinajstić information content (AvgIpc) is 2.73. The molecule has 0 saturated heterocycles. The van der Waals surface area contributed by atoms with Crippen molar-refractivity contribution < 1.29 is 27.5 Å². The van der Waals surface area contributed by atoms with Crippen molar-refractivity contribution in [3.8, 4) is 5.75 Å². The molecule has 2 rings (SSSR count). The van der Waals surface area contributed by atoms with Crippen LogP contribution in [0.1, 0.15) is 22.8 Å². The van der Waals surface area contributed by atoms with Crippen LogP contribution in [0.5, 0.6) is 5.75 Å². The number of nitrogens with zero attached hydrogens (tertiary/aromatic N) is 2. The summed E-state index contributed by atoms with van der Waals surface area (Å²) in [5, 5.41) is 0. The van der Waals surface area contributed by atoms with E-state index in [-0.39, 0.29) is 16.4 Å². The Bertz CT molecular complexity index is 987. The molecule has 1 amide bonds. The third-order valence-electron chi connectivity index (χ3n) is 4.25. The van der Waals surface area contributed by atoms with E-state index in [9.17, 15) is 18.0 Å². The minimum absolute atomic E-state index is 0.0269.